The van der Waals surface area contributed by atoms with E-state index in [1.807, 2.05) is 24.3 Å². The van der Waals surface area contributed by atoms with Gasteiger partial charge in [-0.1, -0.05) is 83.4 Å². The first-order chi connectivity index (χ1) is 17.0. The van der Waals surface area contributed by atoms with Gasteiger partial charge in [0.1, 0.15) is 18.1 Å². The standard InChI is InChI=1S/C32H43NO2/c1-6-12-26(7-2)15-11-20-34-32-21-28(17-16-25(32)5)33-31-19-18-29(22-30(31)24(3)4)35-23-27-13-9-8-10-14-27/h8-10,13-14,16-19,21-22,24,26,33H,6-7,11-12,15,20,23H2,1-5H3. The number of hydrogen-bond donors (Lipinski definition) is 1. The highest BCUT2D eigenvalue weighted by atomic mass is 16.5. The van der Waals surface area contributed by atoms with E-state index in [2.05, 4.69) is 82.4 Å². The number of nitrogens with one attached hydrogen (secondary N) is 1. The molecule has 0 aromatic heterocycles. The quantitative estimate of drug-likeness (QED) is 0.236. The summed E-state index contributed by atoms with van der Waals surface area (Å²) in [7, 11) is 0. The molecule has 0 bridgehead atoms. The van der Waals surface area contributed by atoms with Crippen LogP contribution in [0.25, 0.3) is 0 Å². The highest BCUT2D eigenvalue weighted by Gasteiger charge is 2.11. The third-order valence-electron chi connectivity index (χ3n) is 6.65. The van der Waals surface area contributed by atoms with Crippen molar-refractivity contribution in [1.29, 1.82) is 0 Å². The molecule has 3 aromatic rings. The lowest BCUT2D eigenvalue weighted by Gasteiger charge is -2.18. The van der Waals surface area contributed by atoms with Crippen molar-refractivity contribution in [3.63, 3.8) is 0 Å². The number of ether oxygens (including phenoxy) is 2. The van der Waals surface area contributed by atoms with E-state index in [4.69, 9.17) is 9.47 Å². The van der Waals surface area contributed by atoms with Gasteiger partial charge in [-0.2, -0.15) is 0 Å². The predicted molar refractivity (Wildman–Crippen MR) is 149 cm³/mol. The van der Waals surface area contributed by atoms with E-state index in [1.54, 1.807) is 0 Å². The van der Waals surface area contributed by atoms with Gasteiger partial charge in [0, 0.05) is 17.4 Å². The second kappa shape index (κ2) is 13.8. The molecule has 188 valence electrons. The fraction of sp³-hybridized carbons (Fsp3) is 0.438. The molecule has 0 aliphatic rings. The lowest BCUT2D eigenvalue weighted by atomic mass is 9.96. The van der Waals surface area contributed by atoms with Crippen LogP contribution >= 0.6 is 0 Å². The van der Waals surface area contributed by atoms with Crippen LogP contribution in [-0.2, 0) is 6.61 Å². The maximum atomic E-state index is 6.20. The van der Waals surface area contributed by atoms with Crippen LogP contribution in [0.5, 0.6) is 11.5 Å². The van der Waals surface area contributed by atoms with Gasteiger partial charge in [-0.15, -0.1) is 0 Å². The lowest BCUT2D eigenvalue weighted by Crippen LogP contribution is -2.05. The van der Waals surface area contributed by atoms with E-state index in [0.29, 0.717) is 12.5 Å². The van der Waals surface area contributed by atoms with Gasteiger partial charge in [0.25, 0.3) is 0 Å². The van der Waals surface area contributed by atoms with Crippen molar-refractivity contribution in [3.05, 3.63) is 83.4 Å². The third kappa shape index (κ3) is 8.35. The van der Waals surface area contributed by atoms with Crippen LogP contribution in [0.1, 0.15) is 82.4 Å². The molecule has 1 unspecified atom stereocenters. The number of benzene rings is 3. The van der Waals surface area contributed by atoms with Crippen LogP contribution in [0, 0.1) is 12.8 Å². The Labute approximate surface area is 212 Å². The van der Waals surface area contributed by atoms with Gasteiger partial charge in [-0.3, -0.25) is 0 Å². The molecule has 1 N–H and O–H groups in total. The molecule has 3 nitrogen and oxygen atoms in total. The lowest BCUT2D eigenvalue weighted by molar-refractivity contribution is 0.285. The van der Waals surface area contributed by atoms with Gasteiger partial charge in [-0.25, -0.2) is 0 Å². The maximum Gasteiger partial charge on any atom is 0.124 e. The molecular formula is C32H43NO2. The Morgan fingerprint density at radius 3 is 2.37 bits per heavy atom. The zero-order valence-corrected chi connectivity index (χ0v) is 22.3. The maximum absolute atomic E-state index is 6.20. The molecule has 0 saturated carbocycles. The minimum absolute atomic E-state index is 0.369. The van der Waals surface area contributed by atoms with Crippen LogP contribution < -0.4 is 14.8 Å². The summed E-state index contributed by atoms with van der Waals surface area (Å²) < 4.78 is 12.3. The topological polar surface area (TPSA) is 30.5 Å². The zero-order chi connectivity index (χ0) is 25.0. The summed E-state index contributed by atoms with van der Waals surface area (Å²) in [5.74, 6) is 3.05. The molecule has 3 heteroatoms. The van der Waals surface area contributed by atoms with Crippen molar-refractivity contribution in [2.45, 2.75) is 79.2 Å². The Morgan fingerprint density at radius 2 is 1.66 bits per heavy atom. The Bertz CT molecular complexity index is 1030. The van der Waals surface area contributed by atoms with Crippen molar-refractivity contribution < 1.29 is 9.47 Å². The van der Waals surface area contributed by atoms with Crippen LogP contribution in [0.3, 0.4) is 0 Å². The number of anilines is 2. The average Bonchev–Trinajstić information content (AvgIpc) is 2.87. The molecule has 0 aliphatic heterocycles. The first-order valence-electron chi connectivity index (χ1n) is 13.3. The predicted octanol–water partition coefficient (Wildman–Crippen LogP) is 9.43. The molecule has 0 amide bonds. The fourth-order valence-electron chi connectivity index (χ4n) is 4.47. The number of rotatable bonds is 14. The van der Waals surface area contributed by atoms with E-state index < -0.39 is 0 Å². The van der Waals surface area contributed by atoms with Gasteiger partial charge >= 0.3 is 0 Å². The fourth-order valence-corrected chi connectivity index (χ4v) is 4.47. The van der Waals surface area contributed by atoms with Crippen molar-refractivity contribution >= 4 is 11.4 Å². The van der Waals surface area contributed by atoms with Gasteiger partial charge in [0.2, 0.25) is 0 Å². The summed E-state index contributed by atoms with van der Waals surface area (Å²) in [6.45, 7) is 12.5. The first-order valence-corrected chi connectivity index (χ1v) is 13.3. The molecule has 0 aliphatic carbocycles. The van der Waals surface area contributed by atoms with E-state index in [-0.39, 0.29) is 0 Å². The molecule has 3 rings (SSSR count). The molecule has 1 atom stereocenters. The number of aryl methyl sites for hydroxylation is 1. The summed E-state index contributed by atoms with van der Waals surface area (Å²) >= 11 is 0. The normalized spacial score (nSPS) is 11.9. The van der Waals surface area contributed by atoms with Crippen molar-refractivity contribution in [2.24, 2.45) is 5.92 Å². The Kier molecular flexibility index (Phi) is 10.5. The van der Waals surface area contributed by atoms with E-state index in [1.165, 1.54) is 42.4 Å². The first kappa shape index (κ1) is 26.7. The monoisotopic (exact) mass is 473 g/mol. The molecule has 3 aromatic carbocycles. The second-order valence-electron chi connectivity index (χ2n) is 9.84. The van der Waals surface area contributed by atoms with Gasteiger partial charge in [0.05, 0.1) is 6.61 Å². The Balaban J connectivity index is 1.64. The minimum Gasteiger partial charge on any atom is -0.493 e. The van der Waals surface area contributed by atoms with Gasteiger partial charge in [-0.05, 0) is 72.6 Å². The van der Waals surface area contributed by atoms with Gasteiger partial charge in [0.15, 0.2) is 0 Å². The molecule has 0 fully saturated rings. The summed E-state index contributed by atoms with van der Waals surface area (Å²) in [4.78, 5) is 0. The summed E-state index contributed by atoms with van der Waals surface area (Å²) in [6.07, 6.45) is 6.21. The molecule has 35 heavy (non-hydrogen) atoms. The van der Waals surface area contributed by atoms with Crippen LogP contribution in [-0.4, -0.2) is 6.61 Å². The minimum atomic E-state index is 0.369. The van der Waals surface area contributed by atoms with Crippen molar-refractivity contribution in [3.8, 4) is 11.5 Å². The molecule has 0 saturated heterocycles. The van der Waals surface area contributed by atoms with Crippen molar-refractivity contribution in [1.82, 2.24) is 0 Å². The van der Waals surface area contributed by atoms with Crippen molar-refractivity contribution in [2.75, 3.05) is 11.9 Å². The summed E-state index contributed by atoms with van der Waals surface area (Å²) in [5.41, 5.74) is 5.73. The molecule has 0 spiro atoms. The smallest absolute Gasteiger partial charge is 0.124 e. The Hall–Kier alpha value is -2.94. The molecular weight excluding hydrogens is 430 g/mol. The SMILES string of the molecule is CCCC(CC)CCCOc1cc(Nc2ccc(OCc3ccccc3)cc2C(C)C)ccc1C. The van der Waals surface area contributed by atoms with Crippen LogP contribution in [0.4, 0.5) is 11.4 Å². The number of hydrogen-bond acceptors (Lipinski definition) is 3. The highest BCUT2D eigenvalue weighted by molar-refractivity contribution is 5.66. The van der Waals surface area contributed by atoms with Gasteiger partial charge < -0.3 is 14.8 Å². The molecule has 0 heterocycles. The molecule has 0 radical (unpaired) electrons. The summed E-state index contributed by atoms with van der Waals surface area (Å²) in [6, 6.07) is 23.0. The van der Waals surface area contributed by atoms with E-state index in [9.17, 15) is 0 Å². The average molecular weight is 474 g/mol. The highest BCUT2D eigenvalue weighted by Crippen LogP contribution is 2.33. The zero-order valence-electron chi connectivity index (χ0n) is 22.3. The van der Waals surface area contributed by atoms with E-state index in [0.717, 1.165) is 41.8 Å². The Morgan fingerprint density at radius 1 is 0.857 bits per heavy atom. The van der Waals surface area contributed by atoms with E-state index >= 15 is 0 Å². The largest absolute Gasteiger partial charge is 0.493 e. The summed E-state index contributed by atoms with van der Waals surface area (Å²) in [5, 5.41) is 3.62. The van der Waals surface area contributed by atoms with Crippen LogP contribution in [0.15, 0.2) is 66.7 Å². The third-order valence-corrected chi connectivity index (χ3v) is 6.65. The van der Waals surface area contributed by atoms with Crippen LogP contribution in [0.2, 0.25) is 0 Å². The second-order valence-corrected chi connectivity index (χ2v) is 9.84.